The first-order chi connectivity index (χ1) is 5.68. The number of aliphatic hydroxyl groups excluding tert-OH is 1. The van der Waals surface area contributed by atoms with Crippen molar-refractivity contribution in [3.8, 4) is 11.8 Å². The second kappa shape index (κ2) is 4.30. The van der Waals surface area contributed by atoms with E-state index in [4.69, 9.17) is 5.11 Å². The maximum absolute atomic E-state index is 8.89. The molecule has 0 fully saturated rings. The molecule has 12 heavy (non-hydrogen) atoms. The number of halogens is 1. The molecule has 0 aliphatic carbocycles. The molecule has 0 radical (unpaired) electrons. The molecule has 62 valence electrons. The highest BCUT2D eigenvalue weighted by molar-refractivity contribution is 9.10. The Kier molecular flexibility index (Phi) is 3.33. The summed E-state index contributed by atoms with van der Waals surface area (Å²) in [4.78, 5) is 0. The summed E-state index contributed by atoms with van der Waals surface area (Å²) in [5.41, 5.74) is 0.916. The molecule has 0 spiro atoms. The minimum Gasteiger partial charge on any atom is -0.381 e. The van der Waals surface area contributed by atoms with Crippen LogP contribution in [0.5, 0.6) is 0 Å². The van der Waals surface area contributed by atoms with E-state index in [0.29, 0.717) is 0 Å². The minimum atomic E-state index is -0.561. The highest BCUT2D eigenvalue weighted by Crippen LogP contribution is 2.09. The van der Waals surface area contributed by atoms with Crippen LogP contribution in [0, 0.1) is 11.8 Å². The Morgan fingerprint density at radius 2 is 1.92 bits per heavy atom. The largest absolute Gasteiger partial charge is 0.381 e. The third-order valence-corrected chi connectivity index (χ3v) is 1.80. The lowest BCUT2D eigenvalue weighted by molar-refractivity contribution is 0.253. The monoisotopic (exact) mass is 224 g/mol. The molecule has 0 saturated heterocycles. The van der Waals surface area contributed by atoms with Crippen LogP contribution in [0.1, 0.15) is 12.5 Å². The molecule has 1 aromatic rings. The van der Waals surface area contributed by atoms with Gasteiger partial charge in [0, 0.05) is 10.0 Å². The summed E-state index contributed by atoms with van der Waals surface area (Å²) >= 11 is 3.33. The van der Waals surface area contributed by atoms with Gasteiger partial charge in [-0.25, -0.2) is 0 Å². The van der Waals surface area contributed by atoms with Crippen LogP contribution < -0.4 is 0 Å². The van der Waals surface area contributed by atoms with Gasteiger partial charge in [-0.05, 0) is 31.2 Å². The van der Waals surface area contributed by atoms with E-state index in [0.717, 1.165) is 10.0 Å². The van der Waals surface area contributed by atoms with E-state index in [1.165, 1.54) is 0 Å². The molecule has 1 aromatic carbocycles. The van der Waals surface area contributed by atoms with Gasteiger partial charge in [-0.3, -0.25) is 0 Å². The SMILES string of the molecule is C[C@@H](O)C#Cc1ccc(Br)cc1. The highest BCUT2D eigenvalue weighted by Gasteiger charge is 1.87. The van der Waals surface area contributed by atoms with Crippen molar-refractivity contribution >= 4 is 15.9 Å². The van der Waals surface area contributed by atoms with Crippen LogP contribution in [0.3, 0.4) is 0 Å². The Balaban J connectivity index is 2.79. The van der Waals surface area contributed by atoms with E-state index < -0.39 is 6.10 Å². The quantitative estimate of drug-likeness (QED) is 0.671. The lowest BCUT2D eigenvalue weighted by Crippen LogP contribution is -1.92. The molecule has 0 aliphatic rings. The van der Waals surface area contributed by atoms with Gasteiger partial charge in [-0.15, -0.1) is 0 Å². The summed E-state index contributed by atoms with van der Waals surface area (Å²) in [5.74, 6) is 5.52. The van der Waals surface area contributed by atoms with Crippen molar-refractivity contribution in [2.24, 2.45) is 0 Å². The summed E-state index contributed by atoms with van der Waals surface area (Å²) < 4.78 is 1.03. The van der Waals surface area contributed by atoms with Crippen molar-refractivity contribution < 1.29 is 5.11 Å². The summed E-state index contributed by atoms with van der Waals surface area (Å²) in [6.07, 6.45) is -0.561. The van der Waals surface area contributed by atoms with Crippen LogP contribution in [0.4, 0.5) is 0 Å². The summed E-state index contributed by atoms with van der Waals surface area (Å²) in [6, 6.07) is 7.65. The number of benzene rings is 1. The average molecular weight is 225 g/mol. The van der Waals surface area contributed by atoms with E-state index in [1.807, 2.05) is 24.3 Å². The molecular formula is C10H9BrO. The van der Waals surface area contributed by atoms with Crippen LogP contribution in [0.15, 0.2) is 28.7 Å². The van der Waals surface area contributed by atoms with Gasteiger partial charge in [0.15, 0.2) is 0 Å². The summed E-state index contributed by atoms with van der Waals surface area (Å²) in [5, 5.41) is 8.89. The lowest BCUT2D eigenvalue weighted by atomic mass is 10.2. The molecule has 1 atom stereocenters. The number of hydrogen-bond acceptors (Lipinski definition) is 1. The van der Waals surface area contributed by atoms with Crippen LogP contribution in [0.2, 0.25) is 0 Å². The molecular weight excluding hydrogens is 216 g/mol. The van der Waals surface area contributed by atoms with Gasteiger partial charge in [0.25, 0.3) is 0 Å². The van der Waals surface area contributed by atoms with Crippen LogP contribution in [-0.2, 0) is 0 Å². The molecule has 1 nitrogen and oxygen atoms in total. The predicted octanol–water partition coefficient (Wildman–Crippen LogP) is 2.18. The second-order valence-electron chi connectivity index (χ2n) is 2.45. The second-order valence-corrected chi connectivity index (χ2v) is 3.37. The highest BCUT2D eigenvalue weighted by atomic mass is 79.9. The van der Waals surface area contributed by atoms with E-state index in [2.05, 4.69) is 27.8 Å². The van der Waals surface area contributed by atoms with Crippen molar-refractivity contribution in [1.29, 1.82) is 0 Å². The van der Waals surface area contributed by atoms with Gasteiger partial charge in [0.1, 0.15) is 6.10 Å². The average Bonchev–Trinajstić information content (AvgIpc) is 2.03. The van der Waals surface area contributed by atoms with Crippen LogP contribution in [-0.4, -0.2) is 11.2 Å². The zero-order valence-electron chi connectivity index (χ0n) is 6.71. The Morgan fingerprint density at radius 1 is 1.33 bits per heavy atom. The third kappa shape index (κ3) is 3.08. The molecule has 0 amide bonds. The molecule has 2 heteroatoms. The van der Waals surface area contributed by atoms with Gasteiger partial charge in [0.2, 0.25) is 0 Å². The fourth-order valence-electron chi connectivity index (χ4n) is 0.721. The molecule has 0 heterocycles. The van der Waals surface area contributed by atoms with Crippen molar-refractivity contribution in [2.45, 2.75) is 13.0 Å². The normalized spacial score (nSPS) is 11.6. The fourth-order valence-corrected chi connectivity index (χ4v) is 0.985. The standard InChI is InChI=1S/C10H9BrO/c1-8(12)2-3-9-4-6-10(11)7-5-9/h4-8,12H,1H3/t8-/m1/s1. The number of aliphatic hydroxyl groups is 1. The summed E-state index contributed by atoms with van der Waals surface area (Å²) in [7, 11) is 0. The van der Waals surface area contributed by atoms with Crippen molar-refractivity contribution in [1.82, 2.24) is 0 Å². The van der Waals surface area contributed by atoms with Crippen LogP contribution in [0.25, 0.3) is 0 Å². The Bertz CT molecular complexity index is 303. The fraction of sp³-hybridized carbons (Fsp3) is 0.200. The Morgan fingerprint density at radius 3 is 2.42 bits per heavy atom. The van der Waals surface area contributed by atoms with E-state index >= 15 is 0 Å². The zero-order valence-corrected chi connectivity index (χ0v) is 8.30. The first kappa shape index (κ1) is 9.31. The first-order valence-corrected chi connectivity index (χ1v) is 4.43. The van der Waals surface area contributed by atoms with Gasteiger partial charge >= 0.3 is 0 Å². The van der Waals surface area contributed by atoms with Crippen LogP contribution >= 0.6 is 15.9 Å². The van der Waals surface area contributed by atoms with Gasteiger partial charge in [0.05, 0.1) is 0 Å². The van der Waals surface area contributed by atoms with Gasteiger partial charge in [-0.1, -0.05) is 27.8 Å². The van der Waals surface area contributed by atoms with Gasteiger partial charge < -0.3 is 5.11 Å². The zero-order chi connectivity index (χ0) is 8.97. The third-order valence-electron chi connectivity index (χ3n) is 1.27. The topological polar surface area (TPSA) is 20.2 Å². The minimum absolute atomic E-state index is 0.561. The van der Waals surface area contributed by atoms with Gasteiger partial charge in [-0.2, -0.15) is 0 Å². The maximum Gasteiger partial charge on any atom is 0.112 e. The van der Waals surface area contributed by atoms with E-state index in [1.54, 1.807) is 6.92 Å². The van der Waals surface area contributed by atoms with E-state index in [9.17, 15) is 0 Å². The molecule has 0 bridgehead atoms. The van der Waals surface area contributed by atoms with Crippen molar-refractivity contribution in [2.75, 3.05) is 0 Å². The number of rotatable bonds is 0. The predicted molar refractivity (Wildman–Crippen MR) is 52.7 cm³/mol. The summed E-state index contributed by atoms with van der Waals surface area (Å²) in [6.45, 7) is 1.64. The smallest absolute Gasteiger partial charge is 0.112 e. The maximum atomic E-state index is 8.89. The molecule has 0 aliphatic heterocycles. The molecule has 0 saturated carbocycles. The van der Waals surface area contributed by atoms with Crippen molar-refractivity contribution in [3.05, 3.63) is 34.3 Å². The first-order valence-electron chi connectivity index (χ1n) is 3.63. The van der Waals surface area contributed by atoms with E-state index in [-0.39, 0.29) is 0 Å². The molecule has 0 aromatic heterocycles. The molecule has 1 rings (SSSR count). The van der Waals surface area contributed by atoms with Crippen molar-refractivity contribution in [3.63, 3.8) is 0 Å². The number of hydrogen-bond donors (Lipinski definition) is 1. The molecule has 1 N–H and O–H groups in total. The Labute approximate surface area is 80.6 Å². The lowest BCUT2D eigenvalue weighted by Gasteiger charge is -1.91. The Hall–Kier alpha value is -0.780. The molecule has 0 unspecified atom stereocenters.